The molecule has 0 fully saturated rings. The largest absolute Gasteiger partial charge is 0.431 e. The van der Waals surface area contributed by atoms with Gasteiger partial charge in [0.2, 0.25) is 5.71 Å². The number of nitrogens with one attached hydrogen (secondary N) is 1. The zero-order valence-corrected chi connectivity index (χ0v) is 12.6. The first kappa shape index (κ1) is 13.1. The van der Waals surface area contributed by atoms with Crippen LogP contribution < -0.4 is 0 Å². The number of furan rings is 1. The van der Waals surface area contributed by atoms with Gasteiger partial charge in [-0.1, -0.05) is 0 Å². The summed E-state index contributed by atoms with van der Waals surface area (Å²) in [4.78, 5) is 8.44. The number of aromatic amines is 1. The highest BCUT2D eigenvalue weighted by atomic mass is 79.9. The molecule has 0 saturated heterocycles. The van der Waals surface area contributed by atoms with Crippen molar-refractivity contribution in [2.45, 2.75) is 0 Å². The molecule has 108 valence electrons. The molecule has 0 radical (unpaired) electrons. The van der Waals surface area contributed by atoms with Crippen LogP contribution in [0.1, 0.15) is 0 Å². The van der Waals surface area contributed by atoms with Crippen LogP contribution in [-0.2, 0) is 0 Å². The summed E-state index contributed by atoms with van der Waals surface area (Å²) in [6, 6.07) is 7.97. The zero-order chi connectivity index (χ0) is 15.1. The molecule has 0 bridgehead atoms. The predicted molar refractivity (Wildman–Crippen MR) is 82.5 cm³/mol. The van der Waals surface area contributed by atoms with Crippen LogP contribution in [0.25, 0.3) is 33.6 Å². The van der Waals surface area contributed by atoms with E-state index in [2.05, 4.69) is 36.1 Å². The summed E-state index contributed by atoms with van der Waals surface area (Å²) in [5.74, 6) is -0.288. The van der Waals surface area contributed by atoms with Crippen molar-refractivity contribution in [3.8, 4) is 22.5 Å². The third-order valence-electron chi connectivity index (χ3n) is 3.31. The molecule has 3 aromatic heterocycles. The lowest BCUT2D eigenvalue weighted by atomic mass is 10.0. The molecule has 4 aromatic rings. The number of hydrogen-bond acceptors (Lipinski definition) is 4. The molecule has 1 aromatic carbocycles. The predicted octanol–water partition coefficient (Wildman–Crippen LogP) is 4.18. The Morgan fingerprint density at radius 1 is 1.09 bits per heavy atom. The zero-order valence-electron chi connectivity index (χ0n) is 11.0. The third-order valence-corrected chi connectivity index (χ3v) is 3.70. The van der Waals surface area contributed by atoms with Crippen molar-refractivity contribution < 1.29 is 8.81 Å². The summed E-state index contributed by atoms with van der Waals surface area (Å²) in [6.45, 7) is 0. The summed E-state index contributed by atoms with van der Waals surface area (Å²) in [5.41, 5.74) is 3.48. The van der Waals surface area contributed by atoms with Gasteiger partial charge in [-0.2, -0.15) is 5.10 Å². The van der Waals surface area contributed by atoms with Crippen molar-refractivity contribution >= 4 is 27.0 Å². The molecule has 0 aliphatic carbocycles. The Bertz CT molecular complexity index is 961. The second-order valence-electron chi connectivity index (χ2n) is 4.65. The van der Waals surface area contributed by atoms with Crippen molar-refractivity contribution in [3.63, 3.8) is 0 Å². The van der Waals surface area contributed by atoms with E-state index in [9.17, 15) is 4.39 Å². The van der Waals surface area contributed by atoms with Gasteiger partial charge in [-0.25, -0.2) is 14.4 Å². The second-order valence-corrected chi connectivity index (χ2v) is 5.43. The SMILES string of the molecule is Fc1ccc(-c2n[nH]cc2-c2ncnc3oc(Br)cc23)cc1. The molecule has 1 N–H and O–H groups in total. The molecule has 7 heteroatoms. The number of halogens is 2. The maximum absolute atomic E-state index is 13.1. The normalized spacial score (nSPS) is 11.2. The maximum Gasteiger partial charge on any atom is 0.231 e. The summed E-state index contributed by atoms with van der Waals surface area (Å²) in [6.07, 6.45) is 3.19. The fraction of sp³-hybridized carbons (Fsp3) is 0. The van der Waals surface area contributed by atoms with E-state index in [1.807, 2.05) is 6.07 Å². The van der Waals surface area contributed by atoms with E-state index in [0.717, 1.165) is 16.5 Å². The highest BCUT2D eigenvalue weighted by Crippen LogP contribution is 2.34. The number of hydrogen-bond donors (Lipinski definition) is 1. The quantitative estimate of drug-likeness (QED) is 0.583. The van der Waals surface area contributed by atoms with Gasteiger partial charge in [-0.15, -0.1) is 0 Å². The van der Waals surface area contributed by atoms with Gasteiger partial charge in [0.15, 0.2) is 4.67 Å². The van der Waals surface area contributed by atoms with Gasteiger partial charge in [-0.3, -0.25) is 5.10 Å². The molecule has 5 nitrogen and oxygen atoms in total. The highest BCUT2D eigenvalue weighted by molar-refractivity contribution is 9.10. The van der Waals surface area contributed by atoms with Crippen LogP contribution in [0.15, 0.2) is 51.9 Å². The van der Waals surface area contributed by atoms with Crippen LogP contribution in [0.3, 0.4) is 0 Å². The molecular formula is C15H8BrFN4O. The topological polar surface area (TPSA) is 67.6 Å². The Hall–Kier alpha value is -2.54. The first-order chi connectivity index (χ1) is 10.7. The minimum Gasteiger partial charge on any atom is -0.431 e. The van der Waals surface area contributed by atoms with Gasteiger partial charge in [0.25, 0.3) is 0 Å². The van der Waals surface area contributed by atoms with Crippen molar-refractivity contribution in [1.29, 1.82) is 0 Å². The van der Waals surface area contributed by atoms with Gasteiger partial charge in [-0.05, 0) is 40.2 Å². The van der Waals surface area contributed by atoms with Gasteiger partial charge < -0.3 is 4.42 Å². The number of benzene rings is 1. The van der Waals surface area contributed by atoms with E-state index in [4.69, 9.17) is 4.42 Å². The minimum absolute atomic E-state index is 0.288. The van der Waals surface area contributed by atoms with E-state index < -0.39 is 0 Å². The molecule has 0 aliphatic heterocycles. The van der Waals surface area contributed by atoms with Crippen LogP contribution in [0.4, 0.5) is 4.39 Å². The van der Waals surface area contributed by atoms with Gasteiger partial charge >= 0.3 is 0 Å². The van der Waals surface area contributed by atoms with Crippen LogP contribution in [0, 0.1) is 5.82 Å². The molecule has 22 heavy (non-hydrogen) atoms. The van der Waals surface area contributed by atoms with Crippen LogP contribution in [0.2, 0.25) is 0 Å². The Labute approximate surface area is 132 Å². The Morgan fingerprint density at radius 2 is 1.91 bits per heavy atom. The number of H-pyrrole nitrogens is 1. The van der Waals surface area contributed by atoms with Crippen molar-refractivity contribution in [3.05, 3.63) is 53.3 Å². The van der Waals surface area contributed by atoms with Crippen LogP contribution in [-0.4, -0.2) is 20.2 Å². The number of nitrogens with zero attached hydrogens (tertiary/aromatic N) is 3. The second kappa shape index (κ2) is 5.03. The standard InChI is InChI=1S/C15H8BrFN4O/c16-12-5-10-14(18-7-19-15(10)22-12)11-6-20-21-13(11)8-1-3-9(17)4-2-8/h1-7H,(H,20,21). The average molecular weight is 359 g/mol. The van der Waals surface area contributed by atoms with Crippen molar-refractivity contribution in [1.82, 2.24) is 20.2 Å². The lowest BCUT2D eigenvalue weighted by Crippen LogP contribution is -1.88. The fourth-order valence-corrected chi connectivity index (χ4v) is 2.72. The fourth-order valence-electron chi connectivity index (χ4n) is 2.34. The van der Waals surface area contributed by atoms with E-state index >= 15 is 0 Å². The van der Waals surface area contributed by atoms with E-state index in [0.29, 0.717) is 21.8 Å². The maximum atomic E-state index is 13.1. The van der Waals surface area contributed by atoms with Crippen LogP contribution in [0.5, 0.6) is 0 Å². The van der Waals surface area contributed by atoms with Gasteiger partial charge in [0.1, 0.15) is 17.8 Å². The lowest BCUT2D eigenvalue weighted by Gasteiger charge is -2.03. The first-order valence-electron chi connectivity index (χ1n) is 6.42. The molecule has 4 rings (SSSR count). The number of fused-ring (bicyclic) bond motifs is 1. The summed E-state index contributed by atoms with van der Waals surface area (Å²) < 4.78 is 19.1. The minimum atomic E-state index is -0.288. The van der Waals surface area contributed by atoms with Crippen molar-refractivity contribution in [2.24, 2.45) is 0 Å². The first-order valence-corrected chi connectivity index (χ1v) is 7.22. The summed E-state index contributed by atoms with van der Waals surface area (Å²) in [5, 5.41) is 7.87. The molecular weight excluding hydrogens is 351 g/mol. The molecule has 0 spiro atoms. The van der Waals surface area contributed by atoms with Gasteiger partial charge in [0.05, 0.1) is 11.1 Å². The third kappa shape index (κ3) is 2.10. The Kier molecular flexibility index (Phi) is 3.00. The molecule has 0 amide bonds. The van der Waals surface area contributed by atoms with E-state index in [1.165, 1.54) is 18.5 Å². The highest BCUT2D eigenvalue weighted by Gasteiger charge is 2.17. The summed E-state index contributed by atoms with van der Waals surface area (Å²) >= 11 is 3.29. The number of rotatable bonds is 2. The van der Waals surface area contributed by atoms with E-state index in [1.54, 1.807) is 18.3 Å². The smallest absolute Gasteiger partial charge is 0.231 e. The molecule has 0 unspecified atom stereocenters. The molecule has 0 atom stereocenters. The molecule has 0 aliphatic rings. The summed E-state index contributed by atoms with van der Waals surface area (Å²) in [7, 11) is 0. The molecule has 3 heterocycles. The Balaban J connectivity index is 1.93. The average Bonchev–Trinajstić information content (AvgIpc) is 3.12. The van der Waals surface area contributed by atoms with Crippen LogP contribution >= 0.6 is 15.9 Å². The lowest BCUT2D eigenvalue weighted by molar-refractivity contribution is 0.575. The number of aromatic nitrogens is 4. The monoisotopic (exact) mass is 358 g/mol. The van der Waals surface area contributed by atoms with Crippen molar-refractivity contribution in [2.75, 3.05) is 0 Å². The van der Waals surface area contributed by atoms with Gasteiger partial charge in [0, 0.05) is 23.4 Å². The Morgan fingerprint density at radius 3 is 2.73 bits per heavy atom. The molecule has 0 saturated carbocycles. The van der Waals surface area contributed by atoms with E-state index in [-0.39, 0.29) is 5.82 Å².